The molecule has 2 aromatic rings. The number of rotatable bonds is 7. The summed E-state index contributed by atoms with van der Waals surface area (Å²) < 4.78 is 0.669. The molecule has 118 valence electrons. The van der Waals surface area contributed by atoms with Crippen LogP contribution < -0.4 is 11.1 Å². The third-order valence-corrected chi connectivity index (χ3v) is 4.28. The number of nitrogens with zero attached hydrogens (tertiary/aromatic N) is 1. The van der Waals surface area contributed by atoms with Crippen LogP contribution in [0.25, 0.3) is 11.3 Å². The predicted molar refractivity (Wildman–Crippen MR) is 91.6 cm³/mol. The van der Waals surface area contributed by atoms with E-state index < -0.39 is 0 Å². The summed E-state index contributed by atoms with van der Waals surface area (Å²) in [5.41, 5.74) is 7.82. The molecule has 0 aliphatic carbocycles. The summed E-state index contributed by atoms with van der Waals surface area (Å²) in [7, 11) is 0. The molecule has 1 amide bonds. The van der Waals surface area contributed by atoms with Gasteiger partial charge in [-0.05, 0) is 22.4 Å². The van der Waals surface area contributed by atoms with Gasteiger partial charge in [-0.2, -0.15) is 5.10 Å². The summed E-state index contributed by atoms with van der Waals surface area (Å²) >= 11 is 3.47. The molecule has 1 heterocycles. The zero-order valence-corrected chi connectivity index (χ0v) is 14.2. The maximum Gasteiger partial charge on any atom is 0.270 e. The van der Waals surface area contributed by atoms with Gasteiger partial charge in [0.25, 0.3) is 5.91 Å². The van der Waals surface area contributed by atoms with Crippen molar-refractivity contribution in [3.63, 3.8) is 0 Å². The van der Waals surface area contributed by atoms with Gasteiger partial charge in [0.2, 0.25) is 0 Å². The third-order valence-electron chi connectivity index (χ3n) is 3.51. The Hall–Kier alpha value is -1.66. The Morgan fingerprint density at radius 2 is 2.14 bits per heavy atom. The fourth-order valence-corrected chi connectivity index (χ4v) is 2.81. The molecule has 6 heteroatoms. The van der Waals surface area contributed by atoms with Crippen LogP contribution in [0, 0.1) is 0 Å². The third kappa shape index (κ3) is 3.96. The van der Waals surface area contributed by atoms with Crippen molar-refractivity contribution in [3.05, 3.63) is 40.5 Å². The number of hydrogen-bond donors (Lipinski definition) is 3. The van der Waals surface area contributed by atoms with E-state index in [1.807, 2.05) is 30.3 Å². The Bertz CT molecular complexity index is 612. The topological polar surface area (TPSA) is 83.8 Å². The highest BCUT2D eigenvalue weighted by Gasteiger charge is 2.20. The molecule has 1 unspecified atom stereocenters. The molecule has 4 N–H and O–H groups in total. The van der Waals surface area contributed by atoms with Crippen molar-refractivity contribution in [1.82, 2.24) is 15.5 Å². The monoisotopic (exact) mass is 364 g/mol. The van der Waals surface area contributed by atoms with Crippen LogP contribution in [0.1, 0.15) is 36.7 Å². The molecule has 0 aliphatic rings. The highest BCUT2D eigenvalue weighted by Crippen LogP contribution is 2.28. The average Bonchev–Trinajstić information content (AvgIpc) is 2.93. The zero-order valence-electron chi connectivity index (χ0n) is 12.6. The number of amides is 1. The van der Waals surface area contributed by atoms with Gasteiger partial charge in [-0.1, -0.05) is 50.1 Å². The lowest BCUT2D eigenvalue weighted by Gasteiger charge is -2.15. The minimum atomic E-state index is -0.187. The molecule has 1 aromatic heterocycles. The number of carbonyl (C=O) groups excluding carboxylic acids is 1. The molecule has 0 saturated heterocycles. The SMILES string of the molecule is CCCCC(CN)NC(=O)c1[nH]nc(-c2ccccc2)c1Br. The first kappa shape index (κ1) is 16.7. The van der Waals surface area contributed by atoms with E-state index in [1.165, 1.54) is 0 Å². The van der Waals surface area contributed by atoms with Crippen LogP contribution in [0.15, 0.2) is 34.8 Å². The van der Waals surface area contributed by atoms with Gasteiger partial charge in [0.05, 0.1) is 4.47 Å². The molecule has 5 nitrogen and oxygen atoms in total. The fraction of sp³-hybridized carbons (Fsp3) is 0.375. The lowest BCUT2D eigenvalue weighted by Crippen LogP contribution is -2.40. The van der Waals surface area contributed by atoms with E-state index in [9.17, 15) is 4.79 Å². The van der Waals surface area contributed by atoms with E-state index in [2.05, 4.69) is 38.4 Å². The number of carbonyl (C=O) groups is 1. The number of H-pyrrole nitrogens is 1. The molecule has 1 aromatic carbocycles. The second-order valence-electron chi connectivity index (χ2n) is 5.18. The number of nitrogens with two attached hydrogens (primary N) is 1. The molecule has 0 radical (unpaired) electrons. The Labute approximate surface area is 138 Å². The minimum Gasteiger partial charge on any atom is -0.347 e. The predicted octanol–water partition coefficient (Wildman–Crippen LogP) is 3.09. The van der Waals surface area contributed by atoms with E-state index in [0.717, 1.165) is 30.5 Å². The van der Waals surface area contributed by atoms with Crippen LogP contribution >= 0.6 is 15.9 Å². The summed E-state index contributed by atoms with van der Waals surface area (Å²) in [6.45, 7) is 2.55. The summed E-state index contributed by atoms with van der Waals surface area (Å²) in [5.74, 6) is -0.187. The van der Waals surface area contributed by atoms with Crippen LogP contribution in [0.4, 0.5) is 0 Å². The normalized spacial score (nSPS) is 12.1. The molecular formula is C16H21BrN4O. The standard InChI is InChI=1S/C16H21BrN4O/c1-2-3-9-12(10-18)19-16(22)15-13(17)14(20-21-15)11-7-5-4-6-8-11/h4-8,12H,2-3,9-10,18H2,1H3,(H,19,22)(H,20,21). The first-order valence-corrected chi connectivity index (χ1v) is 8.26. The van der Waals surface area contributed by atoms with Crippen molar-refractivity contribution < 1.29 is 4.79 Å². The van der Waals surface area contributed by atoms with E-state index >= 15 is 0 Å². The van der Waals surface area contributed by atoms with Crippen LogP contribution in [0.3, 0.4) is 0 Å². The number of halogens is 1. The van der Waals surface area contributed by atoms with Gasteiger partial charge in [-0.15, -0.1) is 0 Å². The minimum absolute atomic E-state index is 0.0113. The van der Waals surface area contributed by atoms with E-state index in [-0.39, 0.29) is 11.9 Å². The van der Waals surface area contributed by atoms with Gasteiger partial charge in [-0.3, -0.25) is 9.89 Å². The number of benzene rings is 1. The molecular weight excluding hydrogens is 344 g/mol. The van der Waals surface area contributed by atoms with Gasteiger partial charge < -0.3 is 11.1 Å². The molecule has 1 atom stereocenters. The molecule has 0 spiro atoms. The first-order valence-electron chi connectivity index (χ1n) is 7.47. The lowest BCUT2D eigenvalue weighted by atomic mass is 10.1. The number of aromatic nitrogens is 2. The van der Waals surface area contributed by atoms with Crippen molar-refractivity contribution in [2.24, 2.45) is 5.73 Å². The lowest BCUT2D eigenvalue weighted by molar-refractivity contribution is 0.0930. The Morgan fingerprint density at radius 1 is 1.41 bits per heavy atom. The second-order valence-corrected chi connectivity index (χ2v) is 5.97. The molecule has 2 rings (SSSR count). The highest BCUT2D eigenvalue weighted by atomic mass is 79.9. The van der Waals surface area contributed by atoms with E-state index in [4.69, 9.17) is 5.73 Å². The second kappa shape index (κ2) is 8.10. The van der Waals surface area contributed by atoms with E-state index in [1.54, 1.807) is 0 Å². The summed E-state index contributed by atoms with van der Waals surface area (Å²) in [4.78, 5) is 12.4. The van der Waals surface area contributed by atoms with Gasteiger partial charge in [0.1, 0.15) is 11.4 Å². The molecule has 0 fully saturated rings. The largest absolute Gasteiger partial charge is 0.347 e. The summed E-state index contributed by atoms with van der Waals surface area (Å²) in [6, 6.07) is 9.70. The van der Waals surface area contributed by atoms with Crippen LogP contribution in [0.5, 0.6) is 0 Å². The maximum atomic E-state index is 12.4. The quantitative estimate of drug-likeness (QED) is 0.705. The van der Waals surface area contributed by atoms with Crippen LogP contribution in [-0.4, -0.2) is 28.7 Å². The van der Waals surface area contributed by atoms with Crippen LogP contribution in [-0.2, 0) is 0 Å². The first-order chi connectivity index (χ1) is 10.7. The van der Waals surface area contributed by atoms with Crippen molar-refractivity contribution in [2.75, 3.05) is 6.54 Å². The number of unbranched alkanes of at least 4 members (excludes halogenated alkanes) is 1. The molecule has 22 heavy (non-hydrogen) atoms. The van der Waals surface area contributed by atoms with Crippen molar-refractivity contribution in [2.45, 2.75) is 32.2 Å². The smallest absolute Gasteiger partial charge is 0.270 e. The molecule has 0 saturated carbocycles. The van der Waals surface area contributed by atoms with E-state index in [0.29, 0.717) is 16.7 Å². The summed E-state index contributed by atoms with van der Waals surface area (Å²) in [5, 5.41) is 10.0. The van der Waals surface area contributed by atoms with Gasteiger partial charge in [0, 0.05) is 18.2 Å². The fourth-order valence-electron chi connectivity index (χ4n) is 2.22. The Morgan fingerprint density at radius 3 is 2.77 bits per heavy atom. The van der Waals surface area contributed by atoms with Crippen molar-refractivity contribution >= 4 is 21.8 Å². The highest BCUT2D eigenvalue weighted by molar-refractivity contribution is 9.10. The Kier molecular flexibility index (Phi) is 6.15. The summed E-state index contributed by atoms with van der Waals surface area (Å²) in [6.07, 6.45) is 3.01. The number of aromatic amines is 1. The maximum absolute atomic E-state index is 12.4. The van der Waals surface area contributed by atoms with Crippen LogP contribution in [0.2, 0.25) is 0 Å². The average molecular weight is 365 g/mol. The van der Waals surface area contributed by atoms with Gasteiger partial charge >= 0.3 is 0 Å². The van der Waals surface area contributed by atoms with Gasteiger partial charge in [0.15, 0.2) is 0 Å². The van der Waals surface area contributed by atoms with Crippen molar-refractivity contribution in [3.8, 4) is 11.3 Å². The zero-order chi connectivity index (χ0) is 15.9. The Balaban J connectivity index is 2.13. The van der Waals surface area contributed by atoms with Gasteiger partial charge in [-0.25, -0.2) is 0 Å². The number of nitrogens with one attached hydrogen (secondary N) is 2. The molecule has 0 bridgehead atoms. The molecule has 0 aliphatic heterocycles. The number of hydrogen-bond acceptors (Lipinski definition) is 3. The van der Waals surface area contributed by atoms with Crippen molar-refractivity contribution in [1.29, 1.82) is 0 Å².